The zero-order valence-corrected chi connectivity index (χ0v) is 9.98. The first-order valence-electron chi connectivity index (χ1n) is 5.83. The largest absolute Gasteiger partial charge is 0.329 e. The van der Waals surface area contributed by atoms with E-state index in [1.54, 1.807) is 0 Å². The monoisotopic (exact) mass is 214 g/mol. The fourth-order valence-corrected chi connectivity index (χ4v) is 4.25. The van der Waals surface area contributed by atoms with Gasteiger partial charge in [0.1, 0.15) is 0 Å². The van der Waals surface area contributed by atoms with Crippen molar-refractivity contribution in [1.29, 1.82) is 0 Å². The summed E-state index contributed by atoms with van der Waals surface area (Å²) in [7, 11) is 0. The molecular formula is C11H22N2S. The van der Waals surface area contributed by atoms with Gasteiger partial charge in [-0.25, -0.2) is 0 Å². The van der Waals surface area contributed by atoms with Crippen molar-refractivity contribution in [2.45, 2.75) is 44.2 Å². The Morgan fingerprint density at radius 1 is 1.43 bits per heavy atom. The average Bonchev–Trinajstić information content (AvgIpc) is 2.66. The molecule has 2 saturated heterocycles. The first kappa shape index (κ1) is 10.8. The third kappa shape index (κ3) is 1.82. The molecule has 82 valence electrons. The molecule has 2 heterocycles. The molecular weight excluding hydrogens is 192 g/mol. The number of nitrogens with zero attached hydrogens (tertiary/aromatic N) is 1. The highest BCUT2D eigenvalue weighted by molar-refractivity contribution is 7.99. The molecule has 0 aromatic carbocycles. The van der Waals surface area contributed by atoms with Crippen molar-refractivity contribution in [3.8, 4) is 0 Å². The van der Waals surface area contributed by atoms with Gasteiger partial charge in [-0.1, -0.05) is 0 Å². The Morgan fingerprint density at radius 2 is 2.14 bits per heavy atom. The zero-order chi connectivity index (χ0) is 10.0. The van der Waals surface area contributed by atoms with Crippen LogP contribution in [-0.4, -0.2) is 41.1 Å². The summed E-state index contributed by atoms with van der Waals surface area (Å²) in [6.45, 7) is 4.51. The van der Waals surface area contributed by atoms with Crippen molar-refractivity contribution in [1.82, 2.24) is 4.90 Å². The maximum Gasteiger partial charge on any atom is 0.0350 e. The second-order valence-electron chi connectivity index (χ2n) is 4.73. The van der Waals surface area contributed by atoms with Gasteiger partial charge in [0.25, 0.3) is 0 Å². The van der Waals surface area contributed by atoms with Crippen LogP contribution in [0.4, 0.5) is 0 Å². The lowest BCUT2D eigenvalue weighted by Gasteiger charge is -2.46. The van der Waals surface area contributed by atoms with Crippen LogP contribution in [-0.2, 0) is 0 Å². The molecule has 0 bridgehead atoms. The van der Waals surface area contributed by atoms with Crippen molar-refractivity contribution >= 4 is 11.8 Å². The van der Waals surface area contributed by atoms with Gasteiger partial charge >= 0.3 is 0 Å². The Morgan fingerprint density at radius 3 is 2.64 bits per heavy atom. The predicted octanol–water partition coefficient (Wildman–Crippen LogP) is 1.70. The lowest BCUT2D eigenvalue weighted by atomic mass is 9.89. The van der Waals surface area contributed by atoms with Crippen LogP contribution in [0.25, 0.3) is 0 Å². The van der Waals surface area contributed by atoms with Crippen LogP contribution in [0.5, 0.6) is 0 Å². The third-order valence-corrected chi connectivity index (χ3v) is 4.95. The lowest BCUT2D eigenvalue weighted by molar-refractivity contribution is 0.0784. The molecule has 2 aliphatic rings. The van der Waals surface area contributed by atoms with Crippen LogP contribution < -0.4 is 5.73 Å². The van der Waals surface area contributed by atoms with Crippen molar-refractivity contribution in [2.75, 3.05) is 24.6 Å². The van der Waals surface area contributed by atoms with Crippen LogP contribution in [0.1, 0.15) is 32.6 Å². The minimum Gasteiger partial charge on any atom is -0.329 e. The summed E-state index contributed by atoms with van der Waals surface area (Å²) in [6, 6.07) is 0.765. The fraction of sp³-hybridized carbons (Fsp3) is 1.00. The van der Waals surface area contributed by atoms with E-state index in [1.807, 2.05) is 0 Å². The third-order valence-electron chi connectivity index (χ3n) is 3.97. The van der Waals surface area contributed by atoms with Gasteiger partial charge < -0.3 is 5.73 Å². The van der Waals surface area contributed by atoms with Crippen LogP contribution in [0.3, 0.4) is 0 Å². The van der Waals surface area contributed by atoms with Crippen molar-refractivity contribution in [3.63, 3.8) is 0 Å². The number of rotatable bonds is 2. The fourth-order valence-electron chi connectivity index (χ4n) is 3.00. The normalized spacial score (nSPS) is 33.4. The topological polar surface area (TPSA) is 29.3 Å². The average molecular weight is 214 g/mol. The van der Waals surface area contributed by atoms with Gasteiger partial charge in [0.2, 0.25) is 0 Å². The van der Waals surface area contributed by atoms with E-state index in [0.29, 0.717) is 5.54 Å². The Kier molecular flexibility index (Phi) is 3.40. The molecule has 0 radical (unpaired) electrons. The van der Waals surface area contributed by atoms with Gasteiger partial charge in [0.15, 0.2) is 0 Å². The van der Waals surface area contributed by atoms with E-state index in [1.165, 1.54) is 43.7 Å². The SMILES string of the molecule is CC1CCCN1C1(CN)CCSCC1. The van der Waals surface area contributed by atoms with E-state index in [-0.39, 0.29) is 0 Å². The quantitative estimate of drug-likeness (QED) is 0.758. The smallest absolute Gasteiger partial charge is 0.0350 e. The Labute approximate surface area is 91.6 Å². The molecule has 0 aromatic rings. The Bertz CT molecular complexity index is 190. The molecule has 2 fully saturated rings. The molecule has 3 heteroatoms. The predicted molar refractivity (Wildman–Crippen MR) is 63.7 cm³/mol. The summed E-state index contributed by atoms with van der Waals surface area (Å²) in [4.78, 5) is 2.70. The highest BCUT2D eigenvalue weighted by Gasteiger charge is 2.40. The van der Waals surface area contributed by atoms with E-state index in [9.17, 15) is 0 Å². The molecule has 14 heavy (non-hydrogen) atoms. The first-order chi connectivity index (χ1) is 6.78. The zero-order valence-electron chi connectivity index (χ0n) is 9.17. The number of nitrogens with two attached hydrogens (primary N) is 1. The molecule has 1 atom stereocenters. The van der Waals surface area contributed by atoms with E-state index in [4.69, 9.17) is 5.73 Å². The van der Waals surface area contributed by atoms with E-state index >= 15 is 0 Å². The first-order valence-corrected chi connectivity index (χ1v) is 6.98. The summed E-state index contributed by atoms with van der Waals surface area (Å²) in [6.07, 6.45) is 5.35. The summed E-state index contributed by atoms with van der Waals surface area (Å²) in [5.74, 6) is 2.61. The highest BCUT2D eigenvalue weighted by Crippen LogP contribution is 2.36. The molecule has 1 unspecified atom stereocenters. The van der Waals surface area contributed by atoms with E-state index < -0.39 is 0 Å². The molecule has 0 saturated carbocycles. The summed E-state index contributed by atoms with van der Waals surface area (Å²) in [5.41, 5.74) is 6.39. The Balaban J connectivity index is 2.09. The molecule has 0 aromatic heterocycles. The molecule has 0 amide bonds. The summed E-state index contributed by atoms with van der Waals surface area (Å²) >= 11 is 2.09. The number of likely N-dealkylation sites (tertiary alicyclic amines) is 1. The van der Waals surface area contributed by atoms with Crippen LogP contribution >= 0.6 is 11.8 Å². The standard InChI is InChI=1S/C11H22N2S/c1-10-3-2-6-13(10)11(9-12)4-7-14-8-5-11/h10H,2-9,12H2,1H3. The van der Waals surface area contributed by atoms with Crippen LogP contribution in [0.15, 0.2) is 0 Å². The Hall–Kier alpha value is 0.270. The van der Waals surface area contributed by atoms with Crippen molar-refractivity contribution in [2.24, 2.45) is 5.73 Å². The van der Waals surface area contributed by atoms with Gasteiger partial charge in [0, 0.05) is 18.1 Å². The maximum absolute atomic E-state index is 6.03. The van der Waals surface area contributed by atoms with E-state index in [0.717, 1.165) is 12.6 Å². The van der Waals surface area contributed by atoms with Crippen molar-refractivity contribution in [3.05, 3.63) is 0 Å². The number of hydrogen-bond acceptors (Lipinski definition) is 3. The molecule has 2 nitrogen and oxygen atoms in total. The van der Waals surface area contributed by atoms with Gasteiger partial charge in [-0.05, 0) is 50.7 Å². The van der Waals surface area contributed by atoms with Gasteiger partial charge in [-0.3, -0.25) is 4.90 Å². The number of thioether (sulfide) groups is 1. The molecule has 2 rings (SSSR count). The molecule has 0 spiro atoms. The molecule has 0 aliphatic carbocycles. The second-order valence-corrected chi connectivity index (χ2v) is 5.95. The van der Waals surface area contributed by atoms with Crippen LogP contribution in [0, 0.1) is 0 Å². The van der Waals surface area contributed by atoms with Gasteiger partial charge in [-0.2, -0.15) is 11.8 Å². The lowest BCUT2D eigenvalue weighted by Crippen LogP contribution is -2.56. The van der Waals surface area contributed by atoms with Crippen molar-refractivity contribution < 1.29 is 0 Å². The summed E-state index contributed by atoms with van der Waals surface area (Å²) in [5, 5.41) is 0. The minimum absolute atomic E-state index is 0.362. The molecule has 2 aliphatic heterocycles. The van der Waals surface area contributed by atoms with Gasteiger partial charge in [0.05, 0.1) is 0 Å². The highest BCUT2D eigenvalue weighted by atomic mass is 32.2. The second kappa shape index (κ2) is 4.42. The van der Waals surface area contributed by atoms with Gasteiger partial charge in [-0.15, -0.1) is 0 Å². The van der Waals surface area contributed by atoms with Crippen LogP contribution in [0.2, 0.25) is 0 Å². The maximum atomic E-state index is 6.03. The number of hydrogen-bond donors (Lipinski definition) is 1. The molecule has 2 N–H and O–H groups in total. The minimum atomic E-state index is 0.362. The van der Waals surface area contributed by atoms with E-state index in [2.05, 4.69) is 23.6 Å². The summed E-state index contributed by atoms with van der Waals surface area (Å²) < 4.78 is 0.